The molecule has 9 nitrogen and oxygen atoms in total. The van der Waals surface area contributed by atoms with Gasteiger partial charge in [-0.25, -0.2) is 14.7 Å². The lowest BCUT2D eigenvalue weighted by Crippen LogP contribution is -2.48. The Morgan fingerprint density at radius 2 is 1.65 bits per heavy atom. The predicted octanol–water partition coefficient (Wildman–Crippen LogP) is 4.52. The molecule has 0 spiro atoms. The van der Waals surface area contributed by atoms with Crippen LogP contribution in [0.15, 0.2) is 72.8 Å². The molecule has 2 bridgehead atoms. The first kappa shape index (κ1) is 24.4. The molecule has 0 N–H and O–H groups in total. The van der Waals surface area contributed by atoms with E-state index in [1.165, 1.54) is 28.4 Å². The average Bonchev–Trinajstić information content (AvgIpc) is 3.13. The molecule has 0 saturated carbocycles. The van der Waals surface area contributed by atoms with Crippen molar-refractivity contribution >= 4 is 17.4 Å². The van der Waals surface area contributed by atoms with Gasteiger partial charge in [0.2, 0.25) is 11.5 Å². The number of carbonyl (C=O) groups excluding carboxylic acids is 2. The third-order valence-corrected chi connectivity index (χ3v) is 6.34. The molecule has 3 aromatic rings. The Labute approximate surface area is 213 Å². The number of fused-ring (bicyclic) bond motifs is 1. The van der Waals surface area contributed by atoms with E-state index in [9.17, 15) is 9.59 Å². The molecule has 3 aromatic carbocycles. The minimum atomic E-state index is -1.79. The van der Waals surface area contributed by atoms with E-state index in [-0.39, 0.29) is 28.4 Å². The number of Topliss-reactive ketones (excluding diaryl/α,β-unsaturated/α-hetero) is 1. The summed E-state index contributed by atoms with van der Waals surface area (Å²) in [6.45, 7) is 0. The van der Waals surface area contributed by atoms with Gasteiger partial charge in [-0.05, 0) is 54.1 Å². The monoisotopic (exact) mass is 503 g/mol. The standard InChI is InChI=1S/C28H25NO8/c1-32-19-12-10-17(11-13-19)27(31)36-25-23-20(16-22(33-2)24(25)34-3)21-14-15-28(35-4,26(23)30)37-29(21)18-8-6-5-7-9-18/h5-16,21H,1-4H3/t21-,28+/m1/s1. The highest BCUT2D eigenvalue weighted by molar-refractivity contribution is 6.09. The lowest BCUT2D eigenvalue weighted by atomic mass is 9.95. The van der Waals surface area contributed by atoms with Crippen LogP contribution in [0.2, 0.25) is 0 Å². The van der Waals surface area contributed by atoms with E-state index in [4.69, 9.17) is 28.5 Å². The SMILES string of the molecule is COc1ccc(C(=O)Oc2c(OC)c(OC)cc3c2C(=O)[C@]2(OC)C=C[C@H]3N(c3ccccc3)O2)cc1. The number of ether oxygens (including phenoxy) is 5. The fraction of sp³-hybridized carbons (Fsp3) is 0.214. The molecule has 6 rings (SSSR count). The van der Waals surface area contributed by atoms with E-state index in [1.807, 2.05) is 36.4 Å². The maximum atomic E-state index is 14.1. The van der Waals surface area contributed by atoms with Gasteiger partial charge in [0.05, 0.1) is 38.1 Å². The van der Waals surface area contributed by atoms with Crippen molar-refractivity contribution in [2.75, 3.05) is 33.5 Å². The minimum Gasteiger partial charge on any atom is -0.497 e. The Morgan fingerprint density at radius 1 is 0.919 bits per heavy atom. The Hall–Kier alpha value is -4.34. The third-order valence-electron chi connectivity index (χ3n) is 6.34. The Bertz CT molecular complexity index is 1370. The molecular weight excluding hydrogens is 478 g/mol. The van der Waals surface area contributed by atoms with Crippen LogP contribution in [0, 0.1) is 0 Å². The molecule has 0 aromatic heterocycles. The molecule has 0 unspecified atom stereocenters. The van der Waals surface area contributed by atoms with Crippen molar-refractivity contribution in [2.24, 2.45) is 0 Å². The summed E-state index contributed by atoms with van der Waals surface area (Å²) >= 11 is 0. The largest absolute Gasteiger partial charge is 0.497 e. The summed E-state index contributed by atoms with van der Waals surface area (Å²) in [5, 5.41) is 1.59. The highest BCUT2D eigenvalue weighted by Gasteiger charge is 2.52. The van der Waals surface area contributed by atoms with Crippen molar-refractivity contribution in [3.05, 3.63) is 89.5 Å². The van der Waals surface area contributed by atoms with Gasteiger partial charge < -0.3 is 23.7 Å². The lowest BCUT2D eigenvalue weighted by Gasteiger charge is -2.38. The van der Waals surface area contributed by atoms with Crippen LogP contribution in [-0.4, -0.2) is 46.0 Å². The Kier molecular flexibility index (Phi) is 6.32. The molecule has 2 atom stereocenters. The first-order valence-electron chi connectivity index (χ1n) is 11.4. The van der Waals surface area contributed by atoms with Gasteiger partial charge in [0, 0.05) is 7.11 Å². The summed E-state index contributed by atoms with van der Waals surface area (Å²) in [7, 11) is 5.78. The first-order valence-corrected chi connectivity index (χ1v) is 11.4. The van der Waals surface area contributed by atoms with Crippen molar-refractivity contribution < 1.29 is 38.1 Å². The molecule has 37 heavy (non-hydrogen) atoms. The zero-order valence-electron chi connectivity index (χ0n) is 20.7. The number of methoxy groups -OCH3 is 4. The summed E-state index contributed by atoms with van der Waals surface area (Å²) in [6.07, 6.45) is 3.37. The number of rotatable bonds is 7. The number of hydrogen-bond donors (Lipinski definition) is 0. The number of hydrogen-bond acceptors (Lipinski definition) is 9. The molecule has 9 heteroatoms. The molecular formula is C28H25NO8. The maximum absolute atomic E-state index is 14.1. The number of benzene rings is 3. The number of ketones is 1. The van der Waals surface area contributed by atoms with Crippen LogP contribution >= 0.6 is 0 Å². The summed E-state index contributed by atoms with van der Waals surface area (Å²) in [5.41, 5.74) is 1.54. The van der Waals surface area contributed by atoms with Gasteiger partial charge in [-0.2, -0.15) is 0 Å². The lowest BCUT2D eigenvalue weighted by molar-refractivity contribution is -0.169. The summed E-state index contributed by atoms with van der Waals surface area (Å²) in [5.74, 6) is -2.17. The number of anilines is 1. The zero-order chi connectivity index (χ0) is 26.2. The van der Waals surface area contributed by atoms with Crippen LogP contribution in [0.3, 0.4) is 0 Å². The second kappa shape index (κ2) is 9.61. The van der Waals surface area contributed by atoms with E-state index in [1.54, 1.807) is 41.5 Å². The predicted molar refractivity (Wildman–Crippen MR) is 133 cm³/mol. The van der Waals surface area contributed by atoms with Gasteiger partial charge in [0.1, 0.15) is 11.8 Å². The Balaban J connectivity index is 1.70. The second-order valence-electron chi connectivity index (χ2n) is 8.28. The molecule has 3 aliphatic rings. The highest BCUT2D eigenvalue weighted by Crippen LogP contribution is 2.51. The van der Waals surface area contributed by atoms with Crippen molar-refractivity contribution in [1.29, 1.82) is 0 Å². The van der Waals surface area contributed by atoms with Crippen LogP contribution < -0.4 is 24.0 Å². The zero-order valence-corrected chi connectivity index (χ0v) is 20.7. The first-order chi connectivity index (χ1) is 18.0. The second-order valence-corrected chi connectivity index (χ2v) is 8.28. The van der Waals surface area contributed by atoms with Gasteiger partial charge in [-0.1, -0.05) is 24.3 Å². The summed E-state index contributed by atoms with van der Waals surface area (Å²) < 4.78 is 27.8. The molecule has 0 fully saturated rings. The van der Waals surface area contributed by atoms with Crippen LogP contribution in [0.25, 0.3) is 0 Å². The number of esters is 1. The fourth-order valence-corrected chi connectivity index (χ4v) is 4.46. The third kappa shape index (κ3) is 3.98. The van der Waals surface area contributed by atoms with Crippen LogP contribution in [0.4, 0.5) is 5.69 Å². The normalized spacial score (nSPS) is 19.7. The van der Waals surface area contributed by atoms with Gasteiger partial charge in [0.25, 0.3) is 5.79 Å². The van der Waals surface area contributed by atoms with Crippen LogP contribution in [0.5, 0.6) is 23.0 Å². The van der Waals surface area contributed by atoms with Crippen molar-refractivity contribution in [3.63, 3.8) is 0 Å². The molecule has 0 amide bonds. The Morgan fingerprint density at radius 3 is 2.27 bits per heavy atom. The van der Waals surface area contributed by atoms with E-state index < -0.39 is 23.6 Å². The molecule has 190 valence electrons. The van der Waals surface area contributed by atoms with E-state index in [0.717, 1.165) is 0 Å². The number of nitrogens with zero attached hydrogens (tertiary/aromatic N) is 1. The van der Waals surface area contributed by atoms with E-state index in [0.29, 0.717) is 17.0 Å². The molecule has 0 radical (unpaired) electrons. The van der Waals surface area contributed by atoms with E-state index in [2.05, 4.69) is 0 Å². The van der Waals surface area contributed by atoms with Crippen molar-refractivity contribution in [1.82, 2.24) is 0 Å². The van der Waals surface area contributed by atoms with Crippen molar-refractivity contribution in [2.45, 2.75) is 11.8 Å². The van der Waals surface area contributed by atoms with Crippen LogP contribution in [-0.2, 0) is 9.57 Å². The molecule has 2 heterocycles. The number of hydroxylamine groups is 1. The summed E-state index contributed by atoms with van der Waals surface area (Å²) in [4.78, 5) is 33.5. The molecule has 0 saturated heterocycles. The van der Waals surface area contributed by atoms with Crippen molar-refractivity contribution in [3.8, 4) is 23.0 Å². The smallest absolute Gasteiger partial charge is 0.343 e. The van der Waals surface area contributed by atoms with Gasteiger partial charge in [0.15, 0.2) is 11.5 Å². The average molecular weight is 504 g/mol. The highest BCUT2D eigenvalue weighted by atomic mass is 16.8. The quantitative estimate of drug-likeness (QED) is 0.262. The molecule has 2 aliphatic heterocycles. The minimum absolute atomic E-state index is 0.0868. The topological polar surface area (TPSA) is 92.8 Å². The van der Waals surface area contributed by atoms with Gasteiger partial charge in [-0.15, -0.1) is 0 Å². The molecule has 1 aliphatic carbocycles. The number of carbonyl (C=O) groups is 2. The number of para-hydroxylation sites is 1. The van der Waals surface area contributed by atoms with Crippen LogP contribution in [0.1, 0.15) is 32.3 Å². The summed E-state index contributed by atoms with van der Waals surface area (Å²) in [6, 6.07) is 16.8. The van der Waals surface area contributed by atoms with Gasteiger partial charge in [-0.3, -0.25) is 4.79 Å². The fourth-order valence-electron chi connectivity index (χ4n) is 4.46. The maximum Gasteiger partial charge on any atom is 0.343 e. The van der Waals surface area contributed by atoms with Gasteiger partial charge >= 0.3 is 5.97 Å². The van der Waals surface area contributed by atoms with E-state index >= 15 is 0 Å².